The SMILES string of the molecule is c1ccc(-c2nc3c(N(c4ccc5c(c4)sc4ccccc45)c4ccc5oc6ccccc6c5c4)c4sc5ccccc5c4cc3s2)cc1. The van der Waals surface area contributed by atoms with Gasteiger partial charge in [0.05, 0.1) is 15.1 Å². The van der Waals surface area contributed by atoms with Gasteiger partial charge in [0.25, 0.3) is 0 Å². The van der Waals surface area contributed by atoms with Crippen molar-refractivity contribution in [2.75, 3.05) is 4.90 Å². The van der Waals surface area contributed by atoms with Crippen LogP contribution in [0.3, 0.4) is 0 Å². The molecule has 7 aromatic carbocycles. The molecule has 0 saturated carbocycles. The fourth-order valence-electron chi connectivity index (χ4n) is 7.25. The molecule has 0 aliphatic heterocycles. The standard InChI is InChI=1S/C43H24N2OS3/c1-2-10-25(11-3-1)43-44-40-39(49-43)24-33-30-14-6-9-17-37(30)48-42(33)41(40)45(26-19-21-35-32(22-26)28-12-4-7-15-34(28)46-35)27-18-20-31-29-13-5-8-16-36(29)47-38(31)23-27/h1-24H. The quantitative estimate of drug-likeness (QED) is 0.185. The Labute approximate surface area is 292 Å². The zero-order chi connectivity index (χ0) is 32.1. The van der Waals surface area contributed by atoms with E-state index < -0.39 is 0 Å². The highest BCUT2D eigenvalue weighted by Gasteiger charge is 2.25. The van der Waals surface area contributed by atoms with Crippen LogP contribution in [0, 0.1) is 0 Å². The van der Waals surface area contributed by atoms with Crippen molar-refractivity contribution in [1.29, 1.82) is 0 Å². The summed E-state index contributed by atoms with van der Waals surface area (Å²) in [4.78, 5) is 7.89. The molecule has 49 heavy (non-hydrogen) atoms. The molecule has 0 fully saturated rings. The van der Waals surface area contributed by atoms with Crippen LogP contribution >= 0.6 is 34.0 Å². The van der Waals surface area contributed by atoms with E-state index in [0.29, 0.717) is 0 Å². The van der Waals surface area contributed by atoms with E-state index in [2.05, 4.69) is 138 Å². The van der Waals surface area contributed by atoms with E-state index in [1.165, 1.54) is 45.0 Å². The topological polar surface area (TPSA) is 29.3 Å². The summed E-state index contributed by atoms with van der Waals surface area (Å²) in [5, 5.41) is 8.35. The van der Waals surface area contributed by atoms with Gasteiger partial charge in [-0.25, -0.2) is 4.98 Å². The maximum atomic E-state index is 6.30. The van der Waals surface area contributed by atoms with Crippen LogP contribution in [0.5, 0.6) is 0 Å². The summed E-state index contributed by atoms with van der Waals surface area (Å²) in [6.07, 6.45) is 0. The van der Waals surface area contributed by atoms with Gasteiger partial charge < -0.3 is 9.32 Å². The van der Waals surface area contributed by atoms with E-state index in [1.807, 2.05) is 34.8 Å². The number of nitrogens with zero attached hydrogens (tertiary/aromatic N) is 2. The second kappa shape index (κ2) is 10.5. The van der Waals surface area contributed by atoms with Crippen molar-refractivity contribution < 1.29 is 4.42 Å². The molecule has 0 amide bonds. The number of furan rings is 1. The van der Waals surface area contributed by atoms with Crippen LogP contribution in [-0.4, -0.2) is 4.98 Å². The van der Waals surface area contributed by atoms with Crippen molar-refractivity contribution in [3.05, 3.63) is 146 Å². The third-order valence-corrected chi connectivity index (χ3v) is 12.9. The summed E-state index contributed by atoms with van der Waals surface area (Å²) >= 11 is 5.46. The van der Waals surface area contributed by atoms with Crippen LogP contribution in [0.25, 0.3) is 83.1 Å². The lowest BCUT2D eigenvalue weighted by Crippen LogP contribution is -2.10. The predicted octanol–water partition coefficient (Wildman–Crippen LogP) is 14.1. The molecule has 4 aromatic heterocycles. The number of hydrogen-bond acceptors (Lipinski definition) is 6. The van der Waals surface area contributed by atoms with Crippen molar-refractivity contribution in [2.45, 2.75) is 0 Å². The van der Waals surface area contributed by atoms with E-state index in [0.717, 1.165) is 55.1 Å². The van der Waals surface area contributed by atoms with Gasteiger partial charge in [-0.05, 0) is 54.6 Å². The average Bonchev–Trinajstić information content (AvgIpc) is 3.93. The van der Waals surface area contributed by atoms with Gasteiger partial charge >= 0.3 is 0 Å². The summed E-state index contributed by atoms with van der Waals surface area (Å²) in [6, 6.07) is 52.2. The number of rotatable bonds is 4. The molecule has 0 atom stereocenters. The van der Waals surface area contributed by atoms with Crippen molar-refractivity contribution in [2.24, 2.45) is 0 Å². The van der Waals surface area contributed by atoms with E-state index in [9.17, 15) is 0 Å². The number of para-hydroxylation sites is 1. The number of anilines is 3. The second-order valence-electron chi connectivity index (χ2n) is 12.3. The minimum atomic E-state index is 0.884. The number of thiazole rings is 1. The van der Waals surface area contributed by atoms with E-state index in [1.54, 1.807) is 11.3 Å². The number of hydrogen-bond donors (Lipinski definition) is 0. The van der Waals surface area contributed by atoms with Gasteiger partial charge in [0.1, 0.15) is 21.7 Å². The Morgan fingerprint density at radius 1 is 0.449 bits per heavy atom. The normalized spacial score (nSPS) is 12.1. The van der Waals surface area contributed by atoms with Gasteiger partial charge in [0.15, 0.2) is 0 Å². The minimum absolute atomic E-state index is 0.884. The van der Waals surface area contributed by atoms with Crippen LogP contribution < -0.4 is 4.90 Å². The lowest BCUT2D eigenvalue weighted by Gasteiger charge is -2.26. The Balaban J connectivity index is 1.27. The largest absolute Gasteiger partial charge is 0.456 e. The van der Waals surface area contributed by atoms with E-state index in [-0.39, 0.29) is 0 Å². The van der Waals surface area contributed by atoms with Crippen LogP contribution in [0.4, 0.5) is 17.1 Å². The number of aromatic nitrogens is 1. The second-order valence-corrected chi connectivity index (χ2v) is 15.5. The van der Waals surface area contributed by atoms with Crippen molar-refractivity contribution in [1.82, 2.24) is 4.98 Å². The average molecular weight is 681 g/mol. The zero-order valence-electron chi connectivity index (χ0n) is 25.9. The smallest absolute Gasteiger partial charge is 0.135 e. The first kappa shape index (κ1) is 27.4. The molecule has 3 nitrogen and oxygen atoms in total. The van der Waals surface area contributed by atoms with Gasteiger partial charge in [-0.2, -0.15) is 0 Å². The van der Waals surface area contributed by atoms with Crippen LogP contribution in [0.15, 0.2) is 150 Å². The van der Waals surface area contributed by atoms with Crippen LogP contribution in [-0.2, 0) is 0 Å². The summed E-state index contributed by atoms with van der Waals surface area (Å²) in [7, 11) is 0. The molecule has 0 radical (unpaired) electrons. The van der Waals surface area contributed by atoms with Crippen molar-refractivity contribution in [3.63, 3.8) is 0 Å². The predicted molar refractivity (Wildman–Crippen MR) is 213 cm³/mol. The van der Waals surface area contributed by atoms with E-state index >= 15 is 0 Å². The Bertz CT molecular complexity index is 3070. The molecule has 0 saturated heterocycles. The van der Waals surface area contributed by atoms with Gasteiger partial charge in [0.2, 0.25) is 0 Å². The van der Waals surface area contributed by atoms with Crippen LogP contribution in [0.2, 0.25) is 0 Å². The van der Waals surface area contributed by atoms with Gasteiger partial charge in [0, 0.05) is 63.4 Å². The third-order valence-electron chi connectivity index (χ3n) is 9.49. The highest BCUT2D eigenvalue weighted by molar-refractivity contribution is 7.27. The molecule has 0 aliphatic rings. The molecule has 230 valence electrons. The monoisotopic (exact) mass is 680 g/mol. The minimum Gasteiger partial charge on any atom is -0.456 e. The fourth-order valence-corrected chi connectivity index (χ4v) is 10.6. The molecule has 0 N–H and O–H groups in total. The highest BCUT2D eigenvalue weighted by atomic mass is 32.1. The first-order valence-electron chi connectivity index (χ1n) is 16.2. The summed E-state index contributed by atoms with van der Waals surface area (Å²) in [5.41, 5.74) is 7.21. The molecule has 0 spiro atoms. The third kappa shape index (κ3) is 4.15. The van der Waals surface area contributed by atoms with Gasteiger partial charge in [-0.15, -0.1) is 34.0 Å². The van der Waals surface area contributed by atoms with Crippen molar-refractivity contribution in [3.8, 4) is 10.6 Å². The first-order chi connectivity index (χ1) is 24.3. The number of benzene rings is 7. The van der Waals surface area contributed by atoms with Gasteiger partial charge in [-0.1, -0.05) is 91.0 Å². The maximum absolute atomic E-state index is 6.30. The Kier molecular flexibility index (Phi) is 5.87. The Hall–Kier alpha value is -5.53. The first-order valence-corrected chi connectivity index (χ1v) is 18.6. The molecule has 6 heteroatoms. The van der Waals surface area contributed by atoms with Gasteiger partial charge in [-0.3, -0.25) is 0 Å². The zero-order valence-corrected chi connectivity index (χ0v) is 28.3. The summed E-state index contributed by atoms with van der Waals surface area (Å²) in [5.74, 6) is 0. The summed E-state index contributed by atoms with van der Waals surface area (Å²) < 4.78 is 12.5. The molecule has 0 unspecified atom stereocenters. The number of fused-ring (bicyclic) bond motifs is 10. The molecule has 0 aliphatic carbocycles. The van der Waals surface area contributed by atoms with Crippen molar-refractivity contribution >= 4 is 124 Å². The lowest BCUT2D eigenvalue weighted by molar-refractivity contribution is 0.669. The van der Waals surface area contributed by atoms with E-state index in [4.69, 9.17) is 9.40 Å². The highest BCUT2D eigenvalue weighted by Crippen LogP contribution is 2.51. The maximum Gasteiger partial charge on any atom is 0.135 e. The molecule has 11 aromatic rings. The molecule has 4 heterocycles. The molecule has 0 bridgehead atoms. The Morgan fingerprint density at radius 3 is 1.96 bits per heavy atom. The fraction of sp³-hybridized carbons (Fsp3) is 0. The number of thiophene rings is 2. The lowest BCUT2D eigenvalue weighted by atomic mass is 10.1. The Morgan fingerprint density at radius 2 is 1.10 bits per heavy atom. The summed E-state index contributed by atoms with van der Waals surface area (Å²) in [6.45, 7) is 0. The molecule has 11 rings (SSSR count). The van der Waals surface area contributed by atoms with Crippen LogP contribution in [0.1, 0.15) is 0 Å². The molecular formula is C43H24N2OS3. The molecular weight excluding hydrogens is 657 g/mol.